The molecule has 0 saturated heterocycles. The number of phenols is 1. The van der Waals surface area contributed by atoms with Crippen LogP contribution in [0.3, 0.4) is 0 Å². The molecule has 74 valence electrons. The van der Waals surface area contributed by atoms with Crippen LogP contribution in [0.4, 0.5) is 0 Å². The van der Waals surface area contributed by atoms with E-state index in [-0.39, 0.29) is 12.2 Å². The molecule has 3 nitrogen and oxygen atoms in total. The maximum Gasteiger partial charge on any atom is 0.307 e. The maximum atomic E-state index is 10.2. The molecule has 1 rings (SSSR count). The van der Waals surface area contributed by atoms with Gasteiger partial charge in [0.25, 0.3) is 0 Å². The van der Waals surface area contributed by atoms with E-state index in [4.69, 9.17) is 5.11 Å². The van der Waals surface area contributed by atoms with E-state index in [0.29, 0.717) is 6.42 Å². The van der Waals surface area contributed by atoms with Gasteiger partial charge in [0.1, 0.15) is 5.75 Å². The van der Waals surface area contributed by atoms with Crippen LogP contribution >= 0.6 is 0 Å². The van der Waals surface area contributed by atoms with Gasteiger partial charge in [-0.25, -0.2) is 0 Å². The van der Waals surface area contributed by atoms with E-state index < -0.39 is 5.97 Å². The Labute approximate surface area is 82.3 Å². The molecule has 0 unspecified atom stereocenters. The zero-order valence-corrected chi connectivity index (χ0v) is 7.68. The van der Waals surface area contributed by atoms with Crippen molar-refractivity contribution >= 4 is 5.97 Å². The predicted octanol–water partition coefficient (Wildman–Crippen LogP) is 1.97. The van der Waals surface area contributed by atoms with Gasteiger partial charge in [0.05, 0.1) is 6.42 Å². The Kier molecular flexibility index (Phi) is 3.73. The van der Waals surface area contributed by atoms with Crippen LogP contribution in [0.2, 0.25) is 0 Å². The van der Waals surface area contributed by atoms with Crippen LogP contribution in [0.5, 0.6) is 5.75 Å². The van der Waals surface area contributed by atoms with Crippen LogP contribution in [0.15, 0.2) is 36.4 Å². The predicted molar refractivity (Wildman–Crippen MR) is 53.2 cm³/mol. The minimum absolute atomic E-state index is 0.0214. The Morgan fingerprint density at radius 1 is 1.29 bits per heavy atom. The Morgan fingerprint density at radius 2 is 2.00 bits per heavy atom. The first-order valence-electron chi connectivity index (χ1n) is 4.34. The topological polar surface area (TPSA) is 57.5 Å². The Bertz CT molecular complexity index is 342. The number of phenolic OH excluding ortho intramolecular Hbond substituents is 1. The lowest BCUT2D eigenvalue weighted by molar-refractivity contribution is -0.136. The van der Waals surface area contributed by atoms with Gasteiger partial charge in [-0.1, -0.05) is 30.4 Å². The minimum Gasteiger partial charge on any atom is -0.508 e. The molecule has 0 fully saturated rings. The van der Waals surface area contributed by atoms with Crippen molar-refractivity contribution in [3.05, 3.63) is 42.0 Å². The highest BCUT2D eigenvalue weighted by Crippen LogP contribution is 2.16. The third-order valence-electron chi connectivity index (χ3n) is 1.79. The van der Waals surface area contributed by atoms with Crippen LogP contribution < -0.4 is 0 Å². The number of rotatable bonds is 4. The zero-order valence-electron chi connectivity index (χ0n) is 7.68. The maximum absolute atomic E-state index is 10.2. The van der Waals surface area contributed by atoms with Gasteiger partial charge in [-0.05, 0) is 18.1 Å². The molecule has 0 amide bonds. The monoisotopic (exact) mass is 192 g/mol. The van der Waals surface area contributed by atoms with Crippen molar-refractivity contribution in [2.45, 2.75) is 12.8 Å². The summed E-state index contributed by atoms with van der Waals surface area (Å²) in [5.41, 5.74) is 0.800. The van der Waals surface area contributed by atoms with E-state index in [1.165, 1.54) is 0 Å². The smallest absolute Gasteiger partial charge is 0.307 e. The Hall–Kier alpha value is -1.77. The van der Waals surface area contributed by atoms with Gasteiger partial charge in [0, 0.05) is 0 Å². The highest BCUT2D eigenvalue weighted by molar-refractivity contribution is 5.68. The molecule has 0 aliphatic heterocycles. The average Bonchev–Trinajstić information content (AvgIpc) is 2.15. The lowest BCUT2D eigenvalue weighted by Gasteiger charge is -1.98. The number of carbonyl (C=O) groups is 1. The molecule has 0 radical (unpaired) electrons. The number of hydrogen-bond donors (Lipinski definition) is 2. The molecule has 0 saturated carbocycles. The molecular formula is C11H12O3. The van der Waals surface area contributed by atoms with Crippen LogP contribution in [-0.4, -0.2) is 16.2 Å². The van der Waals surface area contributed by atoms with E-state index in [1.54, 1.807) is 30.4 Å². The molecule has 0 bridgehead atoms. The number of hydrogen-bond acceptors (Lipinski definition) is 2. The Morgan fingerprint density at radius 3 is 2.64 bits per heavy atom. The molecule has 0 aromatic heterocycles. The second-order valence-electron chi connectivity index (χ2n) is 2.90. The fraction of sp³-hybridized carbons (Fsp3) is 0.182. The molecule has 0 heterocycles. The van der Waals surface area contributed by atoms with Gasteiger partial charge in [-0.3, -0.25) is 4.79 Å². The standard InChI is InChI=1S/C11H12O3/c12-10-7-3-1-5-9(10)6-2-4-8-11(13)14/h1-5,7,12H,6,8H2,(H,13,14)/b4-2-. The molecule has 14 heavy (non-hydrogen) atoms. The van der Waals surface area contributed by atoms with Crippen LogP contribution in [0.1, 0.15) is 12.0 Å². The zero-order chi connectivity index (χ0) is 10.4. The first-order chi connectivity index (χ1) is 6.70. The molecule has 3 heteroatoms. The first-order valence-corrected chi connectivity index (χ1v) is 4.34. The summed E-state index contributed by atoms with van der Waals surface area (Å²) >= 11 is 0. The molecule has 0 aliphatic carbocycles. The van der Waals surface area contributed by atoms with E-state index in [9.17, 15) is 9.90 Å². The number of aromatic hydroxyl groups is 1. The summed E-state index contributed by atoms with van der Waals surface area (Å²) in [6, 6.07) is 7.00. The van der Waals surface area contributed by atoms with Crippen molar-refractivity contribution in [2.24, 2.45) is 0 Å². The highest BCUT2D eigenvalue weighted by Gasteiger charge is 1.96. The molecule has 2 N–H and O–H groups in total. The summed E-state index contributed by atoms with van der Waals surface area (Å²) in [6.07, 6.45) is 3.89. The molecule has 1 aromatic rings. The second kappa shape index (κ2) is 5.07. The van der Waals surface area contributed by atoms with Crippen LogP contribution in [-0.2, 0) is 11.2 Å². The summed E-state index contributed by atoms with van der Waals surface area (Å²) in [4.78, 5) is 10.2. The molecule has 0 aliphatic rings. The quantitative estimate of drug-likeness (QED) is 0.717. The fourth-order valence-corrected chi connectivity index (χ4v) is 1.08. The van der Waals surface area contributed by atoms with Gasteiger partial charge in [0.2, 0.25) is 0 Å². The van der Waals surface area contributed by atoms with Crippen molar-refractivity contribution in [1.29, 1.82) is 0 Å². The van der Waals surface area contributed by atoms with Gasteiger partial charge in [0.15, 0.2) is 0 Å². The molecular weight excluding hydrogens is 180 g/mol. The number of carboxylic acid groups (broad SMARTS) is 1. The third-order valence-corrected chi connectivity index (χ3v) is 1.79. The van der Waals surface area contributed by atoms with Crippen molar-refractivity contribution in [3.63, 3.8) is 0 Å². The number of aliphatic carboxylic acids is 1. The van der Waals surface area contributed by atoms with Crippen molar-refractivity contribution in [2.75, 3.05) is 0 Å². The van der Waals surface area contributed by atoms with Gasteiger partial charge < -0.3 is 10.2 Å². The van der Waals surface area contributed by atoms with E-state index in [2.05, 4.69) is 0 Å². The van der Waals surface area contributed by atoms with E-state index in [1.807, 2.05) is 6.07 Å². The van der Waals surface area contributed by atoms with Crippen LogP contribution in [0, 0.1) is 0 Å². The normalized spacial score (nSPS) is 10.6. The second-order valence-corrected chi connectivity index (χ2v) is 2.90. The van der Waals surface area contributed by atoms with E-state index >= 15 is 0 Å². The number of carboxylic acids is 1. The Balaban J connectivity index is 2.49. The highest BCUT2D eigenvalue weighted by atomic mass is 16.4. The lowest BCUT2D eigenvalue weighted by atomic mass is 10.1. The third kappa shape index (κ3) is 3.31. The minimum atomic E-state index is -0.849. The lowest BCUT2D eigenvalue weighted by Crippen LogP contribution is -1.90. The largest absolute Gasteiger partial charge is 0.508 e. The van der Waals surface area contributed by atoms with E-state index in [0.717, 1.165) is 5.56 Å². The molecule has 1 aromatic carbocycles. The summed E-state index contributed by atoms with van der Waals surface area (Å²) in [5, 5.41) is 17.7. The van der Waals surface area contributed by atoms with Crippen LogP contribution in [0.25, 0.3) is 0 Å². The molecule has 0 spiro atoms. The fourth-order valence-electron chi connectivity index (χ4n) is 1.08. The molecule has 0 atom stereocenters. The van der Waals surface area contributed by atoms with Gasteiger partial charge >= 0.3 is 5.97 Å². The van der Waals surface area contributed by atoms with Crippen molar-refractivity contribution in [1.82, 2.24) is 0 Å². The van der Waals surface area contributed by atoms with Crippen molar-refractivity contribution in [3.8, 4) is 5.75 Å². The summed E-state index contributed by atoms with van der Waals surface area (Å²) in [5.74, 6) is -0.606. The number of allylic oxidation sites excluding steroid dienone is 1. The van der Waals surface area contributed by atoms with Gasteiger partial charge in [-0.15, -0.1) is 0 Å². The first kappa shape index (κ1) is 10.3. The SMILES string of the molecule is O=C(O)C/C=C\Cc1ccccc1O. The van der Waals surface area contributed by atoms with Gasteiger partial charge in [-0.2, -0.15) is 0 Å². The summed E-state index contributed by atoms with van der Waals surface area (Å²) in [7, 11) is 0. The summed E-state index contributed by atoms with van der Waals surface area (Å²) in [6.45, 7) is 0. The average molecular weight is 192 g/mol. The summed E-state index contributed by atoms with van der Waals surface area (Å²) < 4.78 is 0. The van der Waals surface area contributed by atoms with Crippen molar-refractivity contribution < 1.29 is 15.0 Å². The number of benzene rings is 1. The number of para-hydroxylation sites is 1.